The first-order valence-electron chi connectivity index (χ1n) is 15.0. The summed E-state index contributed by atoms with van der Waals surface area (Å²) in [5.74, 6) is -0.166. The Morgan fingerprint density at radius 1 is 0.907 bits per heavy atom. The summed E-state index contributed by atoms with van der Waals surface area (Å²) in [6.07, 6.45) is 3.77. The second-order valence-electron chi connectivity index (χ2n) is 11.4. The van der Waals surface area contributed by atoms with Crippen LogP contribution in [0.15, 0.2) is 90.2 Å². The highest BCUT2D eigenvalue weighted by Gasteiger charge is 2.28. The van der Waals surface area contributed by atoms with Gasteiger partial charge in [0.15, 0.2) is 5.78 Å². The van der Waals surface area contributed by atoms with Crippen LogP contribution in [0.3, 0.4) is 0 Å². The molecule has 7 rings (SSSR count). The van der Waals surface area contributed by atoms with E-state index in [-0.39, 0.29) is 11.7 Å². The van der Waals surface area contributed by atoms with Gasteiger partial charge in [-0.2, -0.15) is 0 Å². The zero-order chi connectivity index (χ0) is 29.8. The summed E-state index contributed by atoms with van der Waals surface area (Å²) in [5, 5.41) is 7.48. The topological polar surface area (TPSA) is 65.6 Å². The second kappa shape index (κ2) is 10.4. The van der Waals surface area contributed by atoms with Gasteiger partial charge in [0.05, 0.1) is 11.2 Å². The molecule has 2 heterocycles. The predicted molar refractivity (Wildman–Crippen MR) is 173 cm³/mol. The summed E-state index contributed by atoms with van der Waals surface area (Å²) in [6, 6.07) is 26.8. The Bertz CT molecular complexity index is 2110. The number of aromatic nitrogens is 2. The molecular weight excluding hydrogens is 534 g/mol. The average molecular weight is 568 g/mol. The third-order valence-electron chi connectivity index (χ3n) is 8.82. The summed E-state index contributed by atoms with van der Waals surface area (Å²) in [5.41, 5.74) is 10.1. The number of hydrogen-bond donors (Lipinski definition) is 0. The fraction of sp³-hybridized carbons (Fsp3) is 0.216. The molecule has 0 fully saturated rings. The highest BCUT2D eigenvalue weighted by atomic mass is 16.7. The molecule has 0 amide bonds. The van der Waals surface area contributed by atoms with Crippen LogP contribution in [0.4, 0.5) is 0 Å². The number of nitrogens with zero attached hydrogens (tertiary/aromatic N) is 3. The maximum Gasteiger partial charge on any atom is 0.331 e. The lowest BCUT2D eigenvalue weighted by Crippen LogP contribution is -2.02. The van der Waals surface area contributed by atoms with E-state index < -0.39 is 5.97 Å². The molecule has 6 heteroatoms. The Kier molecular flexibility index (Phi) is 6.50. The quantitative estimate of drug-likeness (QED) is 0.115. The fourth-order valence-corrected chi connectivity index (χ4v) is 6.73. The van der Waals surface area contributed by atoms with Crippen LogP contribution in [0.25, 0.3) is 38.4 Å². The van der Waals surface area contributed by atoms with Gasteiger partial charge in [0.1, 0.15) is 0 Å². The molecule has 0 bridgehead atoms. The van der Waals surface area contributed by atoms with Crippen molar-refractivity contribution >= 4 is 50.2 Å². The number of benzene rings is 4. The van der Waals surface area contributed by atoms with Gasteiger partial charge in [0.25, 0.3) is 0 Å². The number of hydrogen-bond acceptors (Lipinski definition) is 4. The lowest BCUT2D eigenvalue weighted by molar-refractivity contribution is -0.140. The number of fused-ring (bicyclic) bond motifs is 5. The molecule has 214 valence electrons. The summed E-state index contributed by atoms with van der Waals surface area (Å²) in [4.78, 5) is 30.2. The third kappa shape index (κ3) is 4.36. The molecule has 0 N–H and O–H groups in total. The molecule has 0 saturated heterocycles. The molecule has 2 aromatic heterocycles. The summed E-state index contributed by atoms with van der Waals surface area (Å²) >= 11 is 0. The maximum atomic E-state index is 13.8. The summed E-state index contributed by atoms with van der Waals surface area (Å²) in [6.45, 7) is 8.65. The molecular formula is C37H33N3O3. The van der Waals surface area contributed by atoms with E-state index in [1.165, 1.54) is 29.0 Å². The Balaban J connectivity index is 1.28. The standard InChI is InChI=1S/C37H33N3O3/c1-5-24-8-7-9-25-16-17-40(36(24)25)28-13-10-26(11-14-28)37(42)27-12-15-34-31(19-27)32-20-30-29(21-35(32)39(34)6-2)22(3)18-33(30)38-43-23(4)41/h7-17,19-22H,5-6,18H2,1-4H3. The average Bonchev–Trinajstić information content (AvgIpc) is 3.69. The van der Waals surface area contributed by atoms with Gasteiger partial charge in [-0.3, -0.25) is 4.79 Å². The molecule has 4 aromatic carbocycles. The monoisotopic (exact) mass is 567 g/mol. The van der Waals surface area contributed by atoms with E-state index in [4.69, 9.17) is 4.84 Å². The van der Waals surface area contributed by atoms with Crippen LogP contribution in [0.5, 0.6) is 0 Å². The number of carbonyl (C=O) groups excluding carboxylic acids is 2. The van der Waals surface area contributed by atoms with Gasteiger partial charge in [0.2, 0.25) is 0 Å². The van der Waals surface area contributed by atoms with E-state index in [1.54, 1.807) is 0 Å². The van der Waals surface area contributed by atoms with Crippen molar-refractivity contribution in [2.75, 3.05) is 0 Å². The summed E-state index contributed by atoms with van der Waals surface area (Å²) in [7, 11) is 0. The summed E-state index contributed by atoms with van der Waals surface area (Å²) < 4.78 is 4.50. The van der Waals surface area contributed by atoms with Crippen molar-refractivity contribution in [2.45, 2.75) is 53.0 Å². The van der Waals surface area contributed by atoms with Crippen LogP contribution in [-0.2, 0) is 22.6 Å². The zero-order valence-corrected chi connectivity index (χ0v) is 24.8. The number of ketones is 1. The Morgan fingerprint density at radius 2 is 1.67 bits per heavy atom. The molecule has 1 unspecified atom stereocenters. The molecule has 6 aromatic rings. The first-order valence-corrected chi connectivity index (χ1v) is 15.0. The second-order valence-corrected chi connectivity index (χ2v) is 11.4. The van der Waals surface area contributed by atoms with Crippen molar-refractivity contribution < 1.29 is 14.4 Å². The van der Waals surface area contributed by atoms with E-state index >= 15 is 0 Å². The van der Waals surface area contributed by atoms with Crippen LogP contribution in [0, 0.1) is 0 Å². The van der Waals surface area contributed by atoms with Gasteiger partial charge in [-0.25, -0.2) is 4.79 Å². The highest BCUT2D eigenvalue weighted by molar-refractivity contribution is 6.17. The van der Waals surface area contributed by atoms with Crippen molar-refractivity contribution in [1.82, 2.24) is 9.13 Å². The van der Waals surface area contributed by atoms with E-state index in [0.29, 0.717) is 11.1 Å². The van der Waals surface area contributed by atoms with E-state index in [9.17, 15) is 9.59 Å². The largest absolute Gasteiger partial charge is 0.341 e. The Morgan fingerprint density at radius 3 is 2.42 bits per heavy atom. The molecule has 1 aliphatic carbocycles. The smallest absolute Gasteiger partial charge is 0.331 e. The molecule has 6 nitrogen and oxygen atoms in total. The van der Waals surface area contributed by atoms with Crippen molar-refractivity contribution in [3.8, 4) is 5.69 Å². The van der Waals surface area contributed by atoms with Crippen LogP contribution < -0.4 is 0 Å². The Hall–Kier alpha value is -4.97. The van der Waals surface area contributed by atoms with Crippen molar-refractivity contribution in [3.05, 3.63) is 113 Å². The normalized spacial score (nSPS) is 15.5. The molecule has 0 spiro atoms. The van der Waals surface area contributed by atoms with Crippen LogP contribution in [0.2, 0.25) is 0 Å². The Labute approximate surface area is 250 Å². The van der Waals surface area contributed by atoms with Crippen LogP contribution in [-0.4, -0.2) is 26.6 Å². The van der Waals surface area contributed by atoms with Gasteiger partial charge in [-0.1, -0.05) is 37.2 Å². The number of oxime groups is 1. The van der Waals surface area contributed by atoms with Crippen molar-refractivity contribution in [3.63, 3.8) is 0 Å². The third-order valence-corrected chi connectivity index (χ3v) is 8.82. The molecule has 0 aliphatic heterocycles. The minimum Gasteiger partial charge on any atom is -0.341 e. The molecule has 1 aliphatic rings. The molecule has 1 atom stereocenters. The lowest BCUT2D eigenvalue weighted by atomic mass is 9.98. The minimum atomic E-state index is -0.430. The first-order chi connectivity index (χ1) is 20.9. The lowest BCUT2D eigenvalue weighted by Gasteiger charge is -2.10. The van der Waals surface area contributed by atoms with Gasteiger partial charge in [-0.05, 0) is 91.1 Å². The predicted octanol–water partition coefficient (Wildman–Crippen LogP) is 8.33. The van der Waals surface area contributed by atoms with Crippen molar-refractivity contribution in [1.29, 1.82) is 0 Å². The zero-order valence-electron chi connectivity index (χ0n) is 24.8. The minimum absolute atomic E-state index is 0.00986. The molecule has 0 saturated carbocycles. The SMILES string of the molecule is CCc1cccc2ccn(-c3ccc(C(=O)c4ccc5c(c4)c4cc6c(cc4n5CC)C(C)CC6=NOC(C)=O)cc3)c12. The van der Waals surface area contributed by atoms with Gasteiger partial charge in [0, 0.05) is 75.7 Å². The number of rotatable bonds is 6. The van der Waals surface area contributed by atoms with E-state index in [0.717, 1.165) is 58.2 Å². The van der Waals surface area contributed by atoms with Crippen LogP contribution in [0.1, 0.15) is 72.6 Å². The number of aryl methyl sites for hydroxylation is 2. The number of para-hydroxylation sites is 1. The van der Waals surface area contributed by atoms with Crippen molar-refractivity contribution in [2.24, 2.45) is 5.16 Å². The van der Waals surface area contributed by atoms with Gasteiger partial charge >= 0.3 is 5.97 Å². The molecule has 43 heavy (non-hydrogen) atoms. The van der Waals surface area contributed by atoms with E-state index in [2.05, 4.69) is 83.7 Å². The van der Waals surface area contributed by atoms with E-state index in [1.807, 2.05) is 36.4 Å². The number of carbonyl (C=O) groups is 2. The maximum absolute atomic E-state index is 13.8. The first kappa shape index (κ1) is 26.9. The van der Waals surface area contributed by atoms with Crippen LogP contribution >= 0.6 is 0 Å². The van der Waals surface area contributed by atoms with Gasteiger partial charge < -0.3 is 14.0 Å². The highest BCUT2D eigenvalue weighted by Crippen LogP contribution is 2.40. The molecule has 0 radical (unpaired) electrons. The fourth-order valence-electron chi connectivity index (χ4n) is 6.73. The van der Waals surface area contributed by atoms with Gasteiger partial charge in [-0.15, -0.1) is 0 Å².